The van der Waals surface area contributed by atoms with E-state index in [0.29, 0.717) is 13.2 Å². The van der Waals surface area contributed by atoms with E-state index in [9.17, 15) is 0 Å². The van der Waals surface area contributed by atoms with Gasteiger partial charge in [-0.25, -0.2) is 0 Å². The molecule has 1 aliphatic rings. The maximum absolute atomic E-state index is 8.74. The molecule has 0 amide bonds. The van der Waals surface area contributed by atoms with Gasteiger partial charge in [-0.2, -0.15) is 0 Å². The molecule has 0 bridgehead atoms. The highest BCUT2D eigenvalue weighted by Gasteiger charge is 2.46. The minimum atomic E-state index is -0.288. The third kappa shape index (κ3) is 2.04. The number of rotatable bonds is 4. The molecule has 0 saturated carbocycles. The number of benzene rings is 1. The van der Waals surface area contributed by atoms with Crippen molar-refractivity contribution >= 4 is 0 Å². The molecule has 82 valence electrons. The van der Waals surface area contributed by atoms with Crippen LogP contribution in [0.4, 0.5) is 0 Å². The summed E-state index contributed by atoms with van der Waals surface area (Å²) in [5.74, 6) is 0. The summed E-state index contributed by atoms with van der Waals surface area (Å²) in [4.78, 5) is 0. The second-order valence-corrected chi connectivity index (χ2v) is 3.99. The van der Waals surface area contributed by atoms with Crippen molar-refractivity contribution in [1.29, 1.82) is 0 Å². The first kappa shape index (κ1) is 10.6. The lowest BCUT2D eigenvalue weighted by molar-refractivity contribution is -0.258. The van der Waals surface area contributed by atoms with Gasteiger partial charge in [0.05, 0.1) is 19.8 Å². The number of aliphatic hydroxyl groups is 1. The summed E-state index contributed by atoms with van der Waals surface area (Å²) in [6, 6.07) is 10.0. The zero-order valence-corrected chi connectivity index (χ0v) is 8.85. The fourth-order valence-corrected chi connectivity index (χ4v) is 1.87. The molecule has 0 aromatic heterocycles. The SMILES string of the molecule is CC1(OCCO)COC1c1ccccc1. The molecular weight excluding hydrogens is 192 g/mol. The molecule has 0 aliphatic carbocycles. The van der Waals surface area contributed by atoms with Crippen molar-refractivity contribution in [2.75, 3.05) is 19.8 Å². The van der Waals surface area contributed by atoms with Crippen LogP contribution in [0.1, 0.15) is 18.6 Å². The molecule has 15 heavy (non-hydrogen) atoms. The van der Waals surface area contributed by atoms with Crippen LogP contribution in [0, 0.1) is 0 Å². The first-order chi connectivity index (χ1) is 7.26. The first-order valence-corrected chi connectivity index (χ1v) is 5.17. The third-order valence-electron chi connectivity index (χ3n) is 2.72. The molecule has 1 heterocycles. The Morgan fingerprint density at radius 3 is 2.73 bits per heavy atom. The van der Waals surface area contributed by atoms with Crippen molar-refractivity contribution in [1.82, 2.24) is 0 Å². The van der Waals surface area contributed by atoms with Crippen LogP contribution in [0.5, 0.6) is 0 Å². The van der Waals surface area contributed by atoms with Gasteiger partial charge in [-0.15, -0.1) is 0 Å². The van der Waals surface area contributed by atoms with Gasteiger partial charge < -0.3 is 14.6 Å². The van der Waals surface area contributed by atoms with Crippen molar-refractivity contribution in [2.45, 2.75) is 18.6 Å². The van der Waals surface area contributed by atoms with Crippen LogP contribution < -0.4 is 0 Å². The molecule has 1 aromatic carbocycles. The zero-order chi connectivity index (χ0) is 10.7. The Morgan fingerprint density at radius 1 is 1.47 bits per heavy atom. The van der Waals surface area contributed by atoms with Gasteiger partial charge >= 0.3 is 0 Å². The standard InChI is InChI=1S/C12H16O3/c1-12(15-8-7-13)9-14-11(12)10-5-3-2-4-6-10/h2-6,11,13H,7-9H2,1H3. The Labute approximate surface area is 89.6 Å². The molecule has 1 N–H and O–H groups in total. The van der Waals surface area contributed by atoms with E-state index in [-0.39, 0.29) is 18.3 Å². The van der Waals surface area contributed by atoms with Gasteiger partial charge in [0.25, 0.3) is 0 Å². The Kier molecular flexibility index (Phi) is 3.05. The highest BCUT2D eigenvalue weighted by atomic mass is 16.6. The minimum Gasteiger partial charge on any atom is -0.394 e. The first-order valence-electron chi connectivity index (χ1n) is 5.17. The molecule has 2 unspecified atom stereocenters. The highest BCUT2D eigenvalue weighted by Crippen LogP contribution is 2.41. The smallest absolute Gasteiger partial charge is 0.119 e. The Bertz CT molecular complexity index is 312. The number of aliphatic hydroxyl groups excluding tert-OH is 1. The molecule has 1 saturated heterocycles. The van der Waals surface area contributed by atoms with Gasteiger partial charge in [0.1, 0.15) is 11.7 Å². The van der Waals surface area contributed by atoms with Crippen molar-refractivity contribution < 1.29 is 14.6 Å². The second-order valence-electron chi connectivity index (χ2n) is 3.99. The third-order valence-corrected chi connectivity index (χ3v) is 2.72. The van der Waals surface area contributed by atoms with E-state index in [1.807, 2.05) is 37.3 Å². The van der Waals surface area contributed by atoms with E-state index < -0.39 is 0 Å². The lowest BCUT2D eigenvalue weighted by atomic mass is 9.88. The lowest BCUT2D eigenvalue weighted by Crippen LogP contribution is -2.52. The van der Waals surface area contributed by atoms with E-state index in [2.05, 4.69) is 0 Å². The van der Waals surface area contributed by atoms with E-state index in [1.54, 1.807) is 0 Å². The summed E-state index contributed by atoms with van der Waals surface area (Å²) in [7, 11) is 0. The van der Waals surface area contributed by atoms with Crippen molar-refractivity contribution in [3.63, 3.8) is 0 Å². The van der Waals surface area contributed by atoms with Crippen molar-refractivity contribution in [3.8, 4) is 0 Å². The van der Waals surface area contributed by atoms with Gasteiger partial charge in [-0.3, -0.25) is 0 Å². The van der Waals surface area contributed by atoms with E-state index in [0.717, 1.165) is 5.56 Å². The second kappa shape index (κ2) is 4.31. The van der Waals surface area contributed by atoms with E-state index in [1.165, 1.54) is 0 Å². The number of hydrogen-bond acceptors (Lipinski definition) is 3. The van der Waals surface area contributed by atoms with Gasteiger partial charge in [0.15, 0.2) is 0 Å². The largest absolute Gasteiger partial charge is 0.394 e. The Balaban J connectivity index is 2.05. The topological polar surface area (TPSA) is 38.7 Å². The summed E-state index contributed by atoms with van der Waals surface area (Å²) < 4.78 is 11.1. The summed E-state index contributed by atoms with van der Waals surface area (Å²) in [6.07, 6.45) is -0.00903. The fourth-order valence-electron chi connectivity index (χ4n) is 1.87. The van der Waals surface area contributed by atoms with E-state index in [4.69, 9.17) is 14.6 Å². The summed E-state index contributed by atoms with van der Waals surface area (Å²) >= 11 is 0. The fraction of sp³-hybridized carbons (Fsp3) is 0.500. The molecule has 0 spiro atoms. The predicted octanol–water partition coefficient (Wildman–Crippen LogP) is 1.53. The summed E-state index contributed by atoms with van der Waals surface area (Å²) in [5, 5.41) is 8.74. The summed E-state index contributed by atoms with van der Waals surface area (Å²) in [6.45, 7) is 3.02. The average Bonchev–Trinajstić information content (AvgIpc) is 2.26. The maximum atomic E-state index is 8.74. The van der Waals surface area contributed by atoms with Crippen LogP contribution in [0.2, 0.25) is 0 Å². The Morgan fingerprint density at radius 2 is 2.20 bits per heavy atom. The molecule has 1 aliphatic heterocycles. The zero-order valence-electron chi connectivity index (χ0n) is 8.85. The monoisotopic (exact) mass is 208 g/mol. The quantitative estimate of drug-likeness (QED) is 0.815. The molecule has 0 radical (unpaired) electrons. The van der Waals surface area contributed by atoms with Crippen LogP contribution in [-0.2, 0) is 9.47 Å². The molecule has 3 nitrogen and oxygen atoms in total. The number of hydrogen-bond donors (Lipinski definition) is 1. The van der Waals surface area contributed by atoms with Crippen molar-refractivity contribution in [2.24, 2.45) is 0 Å². The lowest BCUT2D eigenvalue weighted by Gasteiger charge is -2.46. The molecule has 1 fully saturated rings. The highest BCUT2D eigenvalue weighted by molar-refractivity contribution is 5.22. The molecule has 2 rings (SSSR count). The number of ether oxygens (including phenoxy) is 2. The van der Waals surface area contributed by atoms with E-state index >= 15 is 0 Å². The van der Waals surface area contributed by atoms with Crippen LogP contribution in [0.25, 0.3) is 0 Å². The molecular formula is C12H16O3. The normalized spacial score (nSPS) is 29.9. The predicted molar refractivity (Wildman–Crippen MR) is 56.6 cm³/mol. The minimum absolute atomic E-state index is 0.00903. The van der Waals surface area contributed by atoms with Crippen LogP contribution >= 0.6 is 0 Å². The summed E-state index contributed by atoms with van der Waals surface area (Å²) in [5.41, 5.74) is 0.841. The van der Waals surface area contributed by atoms with Gasteiger partial charge in [0.2, 0.25) is 0 Å². The van der Waals surface area contributed by atoms with Gasteiger partial charge in [-0.1, -0.05) is 30.3 Å². The molecule has 2 atom stereocenters. The van der Waals surface area contributed by atoms with Gasteiger partial charge in [-0.05, 0) is 12.5 Å². The van der Waals surface area contributed by atoms with Crippen LogP contribution in [0.3, 0.4) is 0 Å². The van der Waals surface area contributed by atoms with Crippen LogP contribution in [-0.4, -0.2) is 30.5 Å². The molecule has 3 heteroatoms. The maximum Gasteiger partial charge on any atom is 0.119 e. The molecule has 1 aromatic rings. The van der Waals surface area contributed by atoms with Crippen molar-refractivity contribution in [3.05, 3.63) is 35.9 Å². The Hall–Kier alpha value is -0.900. The van der Waals surface area contributed by atoms with Crippen LogP contribution in [0.15, 0.2) is 30.3 Å². The van der Waals surface area contributed by atoms with Gasteiger partial charge in [0, 0.05) is 0 Å². The average molecular weight is 208 g/mol.